The maximum Gasteiger partial charge on any atom is 0.410 e. The van der Waals surface area contributed by atoms with E-state index in [-0.39, 0.29) is 18.2 Å². The van der Waals surface area contributed by atoms with Gasteiger partial charge in [0, 0.05) is 64.1 Å². The van der Waals surface area contributed by atoms with Gasteiger partial charge in [0.25, 0.3) is 0 Å². The van der Waals surface area contributed by atoms with E-state index < -0.39 is 0 Å². The number of piperidine rings is 1. The summed E-state index contributed by atoms with van der Waals surface area (Å²) in [6.07, 6.45) is 2.60. The number of benzene rings is 1. The number of carbonyl (C=O) groups is 1. The fraction of sp³-hybridized carbons (Fsp3) is 0.682. The zero-order valence-corrected chi connectivity index (χ0v) is 17.6. The minimum Gasteiger partial charge on any atom is -0.444 e. The topological polar surface area (TPSA) is 65.3 Å². The van der Waals surface area contributed by atoms with Gasteiger partial charge in [0.1, 0.15) is 6.10 Å². The third-order valence-electron chi connectivity index (χ3n) is 6.43. The van der Waals surface area contributed by atoms with Gasteiger partial charge in [-0.1, -0.05) is 12.1 Å². The van der Waals surface area contributed by atoms with Gasteiger partial charge in [0.05, 0.1) is 6.54 Å². The number of nitrogens with zero attached hydrogens (tertiary/aromatic N) is 4. The summed E-state index contributed by atoms with van der Waals surface area (Å²) >= 11 is 0. The van der Waals surface area contributed by atoms with Crippen LogP contribution in [0, 0.1) is 0 Å². The highest BCUT2D eigenvalue weighted by Crippen LogP contribution is 2.23. The fourth-order valence-corrected chi connectivity index (χ4v) is 4.52. The van der Waals surface area contributed by atoms with Crippen molar-refractivity contribution in [1.82, 2.24) is 14.7 Å². The fourth-order valence-electron chi connectivity index (χ4n) is 4.52. The number of hydrogen-bond acceptors (Lipinski definition) is 6. The van der Waals surface area contributed by atoms with E-state index in [1.807, 2.05) is 0 Å². The lowest BCUT2D eigenvalue weighted by Gasteiger charge is -2.35. The van der Waals surface area contributed by atoms with Crippen molar-refractivity contribution in [3.8, 4) is 0 Å². The van der Waals surface area contributed by atoms with E-state index in [9.17, 15) is 4.79 Å². The average molecular weight is 402 g/mol. The quantitative estimate of drug-likeness (QED) is 0.826. The molecule has 29 heavy (non-hydrogen) atoms. The Morgan fingerprint density at radius 1 is 1.03 bits per heavy atom. The maximum absolute atomic E-state index is 12.4. The van der Waals surface area contributed by atoms with Crippen LogP contribution in [-0.4, -0.2) is 92.3 Å². The molecule has 3 saturated heterocycles. The third kappa shape index (κ3) is 5.41. The second-order valence-electron chi connectivity index (χ2n) is 8.83. The summed E-state index contributed by atoms with van der Waals surface area (Å²) in [4.78, 5) is 21.4. The lowest BCUT2D eigenvalue weighted by Crippen LogP contribution is -2.44. The SMILES string of the molecule is CN1CCN(Cc2ccc(N3CCCC(OC(=O)N4CC[C@@H](N)C4)C3)cc2)CC1. The molecule has 0 saturated carbocycles. The van der Waals surface area contributed by atoms with Crippen LogP contribution in [-0.2, 0) is 11.3 Å². The molecule has 1 aromatic rings. The second kappa shape index (κ2) is 9.32. The Labute approximate surface area is 174 Å². The zero-order valence-electron chi connectivity index (χ0n) is 17.6. The molecule has 7 nitrogen and oxygen atoms in total. The monoisotopic (exact) mass is 401 g/mol. The molecule has 1 amide bonds. The van der Waals surface area contributed by atoms with Gasteiger partial charge >= 0.3 is 6.09 Å². The van der Waals surface area contributed by atoms with Crippen molar-refractivity contribution in [3.05, 3.63) is 29.8 Å². The smallest absolute Gasteiger partial charge is 0.410 e. The molecule has 160 valence electrons. The molecule has 1 unspecified atom stereocenters. The van der Waals surface area contributed by atoms with Crippen molar-refractivity contribution in [1.29, 1.82) is 0 Å². The molecular formula is C22H35N5O2. The summed E-state index contributed by atoms with van der Waals surface area (Å²) in [5.41, 5.74) is 8.49. The highest BCUT2D eigenvalue weighted by molar-refractivity contribution is 5.68. The van der Waals surface area contributed by atoms with Gasteiger partial charge in [-0.3, -0.25) is 4.90 Å². The number of anilines is 1. The van der Waals surface area contributed by atoms with E-state index in [2.05, 4.69) is 46.0 Å². The van der Waals surface area contributed by atoms with Crippen LogP contribution in [0.2, 0.25) is 0 Å². The average Bonchev–Trinajstić information content (AvgIpc) is 3.17. The van der Waals surface area contributed by atoms with Gasteiger partial charge < -0.3 is 25.2 Å². The number of hydrogen-bond donors (Lipinski definition) is 1. The lowest BCUT2D eigenvalue weighted by atomic mass is 10.1. The molecule has 4 rings (SSSR count). The predicted molar refractivity (Wildman–Crippen MR) is 115 cm³/mol. The number of likely N-dealkylation sites (tertiary alicyclic amines) is 1. The van der Waals surface area contributed by atoms with Gasteiger partial charge in [-0.05, 0) is 44.0 Å². The molecule has 3 heterocycles. The normalized spacial score (nSPS) is 26.7. The highest BCUT2D eigenvalue weighted by atomic mass is 16.6. The minimum absolute atomic E-state index is 0.0434. The van der Waals surface area contributed by atoms with Crippen LogP contribution in [0.15, 0.2) is 24.3 Å². The first-order chi connectivity index (χ1) is 14.1. The third-order valence-corrected chi connectivity index (χ3v) is 6.43. The number of nitrogens with two attached hydrogens (primary N) is 1. The van der Waals surface area contributed by atoms with E-state index in [4.69, 9.17) is 10.5 Å². The Kier molecular flexibility index (Phi) is 6.57. The van der Waals surface area contributed by atoms with Crippen LogP contribution in [0.1, 0.15) is 24.8 Å². The molecule has 3 aliphatic rings. The van der Waals surface area contributed by atoms with Crippen LogP contribution in [0.25, 0.3) is 0 Å². The van der Waals surface area contributed by atoms with Crippen LogP contribution >= 0.6 is 0 Å². The summed E-state index contributed by atoms with van der Waals surface area (Å²) < 4.78 is 5.79. The largest absolute Gasteiger partial charge is 0.444 e. The van der Waals surface area contributed by atoms with Crippen molar-refractivity contribution >= 4 is 11.8 Å². The molecule has 2 atom stereocenters. The Bertz CT molecular complexity index is 674. The van der Waals surface area contributed by atoms with Crippen molar-refractivity contribution < 1.29 is 9.53 Å². The van der Waals surface area contributed by atoms with Crippen LogP contribution in [0.5, 0.6) is 0 Å². The highest BCUT2D eigenvalue weighted by Gasteiger charge is 2.29. The van der Waals surface area contributed by atoms with Crippen molar-refractivity contribution in [3.63, 3.8) is 0 Å². The van der Waals surface area contributed by atoms with E-state index in [0.717, 1.165) is 65.1 Å². The van der Waals surface area contributed by atoms with Crippen LogP contribution < -0.4 is 10.6 Å². The summed E-state index contributed by atoms with van der Waals surface area (Å²) in [7, 11) is 2.19. The molecule has 3 fully saturated rings. The molecule has 0 bridgehead atoms. The molecule has 7 heteroatoms. The molecule has 0 radical (unpaired) electrons. The zero-order chi connectivity index (χ0) is 20.2. The Balaban J connectivity index is 1.28. The van der Waals surface area contributed by atoms with Crippen molar-refractivity contribution in [2.45, 2.75) is 38.0 Å². The summed E-state index contributed by atoms with van der Waals surface area (Å²) in [6.45, 7) is 8.70. The van der Waals surface area contributed by atoms with Gasteiger partial charge in [-0.2, -0.15) is 0 Å². The first-order valence-corrected chi connectivity index (χ1v) is 11.0. The Morgan fingerprint density at radius 3 is 2.48 bits per heavy atom. The van der Waals surface area contributed by atoms with Crippen LogP contribution in [0.4, 0.5) is 10.5 Å². The van der Waals surface area contributed by atoms with Gasteiger partial charge in [0.2, 0.25) is 0 Å². The number of carbonyl (C=O) groups excluding carboxylic acids is 1. The summed E-state index contributed by atoms with van der Waals surface area (Å²) in [6, 6.07) is 9.02. The maximum atomic E-state index is 12.4. The number of rotatable bonds is 4. The van der Waals surface area contributed by atoms with Crippen LogP contribution in [0.3, 0.4) is 0 Å². The molecule has 3 aliphatic heterocycles. The van der Waals surface area contributed by atoms with Gasteiger partial charge in [-0.25, -0.2) is 4.79 Å². The van der Waals surface area contributed by atoms with Crippen molar-refractivity contribution in [2.24, 2.45) is 5.73 Å². The van der Waals surface area contributed by atoms with Gasteiger partial charge in [-0.15, -0.1) is 0 Å². The van der Waals surface area contributed by atoms with Crippen molar-refractivity contribution in [2.75, 3.05) is 64.3 Å². The van der Waals surface area contributed by atoms with E-state index in [1.165, 1.54) is 11.3 Å². The number of piperazine rings is 1. The first-order valence-electron chi connectivity index (χ1n) is 11.0. The predicted octanol–water partition coefficient (Wildman–Crippen LogP) is 1.57. The number of likely N-dealkylation sites (N-methyl/N-ethyl adjacent to an activating group) is 1. The Morgan fingerprint density at radius 2 is 1.79 bits per heavy atom. The molecule has 0 aromatic heterocycles. The lowest BCUT2D eigenvalue weighted by molar-refractivity contribution is 0.0613. The summed E-state index contributed by atoms with van der Waals surface area (Å²) in [5.74, 6) is 0. The Hall–Kier alpha value is -1.83. The first kappa shape index (κ1) is 20.4. The van der Waals surface area contributed by atoms with E-state index in [1.54, 1.807) is 4.90 Å². The number of ether oxygens (including phenoxy) is 1. The summed E-state index contributed by atoms with van der Waals surface area (Å²) in [5, 5.41) is 0. The second-order valence-corrected chi connectivity index (χ2v) is 8.83. The molecule has 2 N–H and O–H groups in total. The van der Waals surface area contributed by atoms with E-state index >= 15 is 0 Å². The molecule has 1 aromatic carbocycles. The molecule has 0 aliphatic carbocycles. The standard InChI is InChI=1S/C22H35N5O2/c1-24-11-13-25(14-12-24)15-18-4-6-20(7-5-18)26-9-2-3-21(17-26)29-22(28)27-10-8-19(23)16-27/h4-7,19,21H,2-3,8-17,23H2,1H3/t19-,21?/m1/s1. The molecule has 0 spiro atoms. The molecular weight excluding hydrogens is 366 g/mol. The van der Waals surface area contributed by atoms with E-state index in [0.29, 0.717) is 13.1 Å². The number of amides is 1. The minimum atomic E-state index is -0.202. The van der Waals surface area contributed by atoms with Gasteiger partial charge in [0.15, 0.2) is 0 Å².